The molecule has 18 nitrogen and oxygen atoms in total. The lowest BCUT2D eigenvalue weighted by atomic mass is 10.0. The van der Waals surface area contributed by atoms with E-state index < -0.39 is 0 Å². The third kappa shape index (κ3) is 31.6. The van der Waals surface area contributed by atoms with Crippen LogP contribution in [0.4, 0.5) is 35.1 Å². The molecule has 1 N–H and O–H groups in total. The number of pyridine rings is 3. The summed E-state index contributed by atoms with van der Waals surface area (Å²) in [5, 5.41) is 9.64. The molecule has 8 aromatic rings. The molecule has 12 heterocycles. The maximum Gasteiger partial charge on any atom is 0.141 e. The van der Waals surface area contributed by atoms with Crippen LogP contribution in [-0.2, 0) is 16.1 Å². The number of rotatable bonds is 22. The zero-order valence-electron chi connectivity index (χ0n) is 81.7. The number of hydrogen-bond donors (Lipinski definition) is 1. The minimum atomic E-state index is -0.366. The molecule has 732 valence electrons. The molecule has 9 fully saturated rings. The van der Waals surface area contributed by atoms with Gasteiger partial charge in [0.2, 0.25) is 0 Å². The van der Waals surface area contributed by atoms with Crippen LogP contribution in [0.3, 0.4) is 0 Å². The van der Waals surface area contributed by atoms with Gasteiger partial charge in [0.05, 0.1) is 63.4 Å². The number of nitrogens with zero attached hydrogens (tertiary/aromatic N) is 12. The zero-order valence-corrected chi connectivity index (χ0v) is 82.4. The molecule has 5 aromatic carbocycles. The summed E-state index contributed by atoms with van der Waals surface area (Å²) < 4.78 is 134. The lowest BCUT2D eigenvalue weighted by molar-refractivity contribution is 0.0322. The van der Waals surface area contributed by atoms with Crippen molar-refractivity contribution in [2.24, 2.45) is 0 Å². The van der Waals surface area contributed by atoms with Crippen molar-refractivity contribution in [1.29, 1.82) is 0 Å². The van der Waals surface area contributed by atoms with E-state index in [0.29, 0.717) is 108 Å². The van der Waals surface area contributed by atoms with Gasteiger partial charge < -0.3 is 28.8 Å². The second-order valence-electron chi connectivity index (χ2n) is 38.2. The Morgan fingerprint density at radius 1 is 0.429 bits per heavy atom. The Kier molecular flexibility index (Phi) is 42.9. The average Bonchev–Trinajstić information content (AvgIpc) is 1.64. The van der Waals surface area contributed by atoms with Crippen LogP contribution in [0.1, 0.15) is 271 Å². The normalized spacial score (nSPS) is 22.5. The molecule has 133 heavy (non-hydrogen) atoms. The van der Waals surface area contributed by atoms with Crippen LogP contribution in [0.2, 0.25) is 5.02 Å². The van der Waals surface area contributed by atoms with Crippen LogP contribution < -0.4 is 14.2 Å². The highest BCUT2D eigenvalue weighted by Crippen LogP contribution is 2.44. The first-order chi connectivity index (χ1) is 63.7. The van der Waals surface area contributed by atoms with Crippen molar-refractivity contribution in [3.8, 4) is 17.2 Å². The lowest BCUT2D eigenvalue weighted by Crippen LogP contribution is -2.38. The van der Waals surface area contributed by atoms with E-state index in [9.17, 15) is 35.1 Å². The Labute approximate surface area is 793 Å². The molecule has 0 bridgehead atoms. The van der Waals surface area contributed by atoms with Gasteiger partial charge in [0.1, 0.15) is 77.0 Å². The van der Waals surface area contributed by atoms with E-state index in [-0.39, 0.29) is 70.8 Å². The predicted molar refractivity (Wildman–Crippen MR) is 515 cm³/mol. The number of ether oxygens (including phenoxy) is 5. The number of morpholine rings is 1. The number of methoxy groups -OCH3 is 2. The van der Waals surface area contributed by atoms with E-state index in [4.69, 9.17) is 40.4 Å². The topological polar surface area (TPSA) is 134 Å². The highest BCUT2D eigenvalue weighted by Gasteiger charge is 2.40. The third-order valence-corrected chi connectivity index (χ3v) is 27.7. The molecule has 9 aliphatic heterocycles. The van der Waals surface area contributed by atoms with Gasteiger partial charge in [0.25, 0.3) is 0 Å². The quantitative estimate of drug-likeness (QED) is 0.0509. The molecule has 3 aromatic heterocycles. The van der Waals surface area contributed by atoms with E-state index >= 15 is 0 Å². The van der Waals surface area contributed by atoms with Gasteiger partial charge in [-0.05, 0) is 377 Å². The Morgan fingerprint density at radius 3 is 1.39 bits per heavy atom. The predicted octanol–water partition coefficient (Wildman–Crippen LogP) is 22.7. The Morgan fingerprint density at radius 2 is 0.895 bits per heavy atom. The van der Waals surface area contributed by atoms with E-state index in [1.54, 1.807) is 56.8 Å². The van der Waals surface area contributed by atoms with Gasteiger partial charge in [-0.2, -0.15) is 0 Å². The molecule has 0 radical (unpaired) electrons. The van der Waals surface area contributed by atoms with Gasteiger partial charge >= 0.3 is 0 Å². The number of aromatic nitrogens is 3. The summed E-state index contributed by atoms with van der Waals surface area (Å²) in [6.45, 7) is 35.3. The van der Waals surface area contributed by atoms with Gasteiger partial charge in [-0.25, -0.2) is 35.1 Å². The van der Waals surface area contributed by atoms with Crippen LogP contribution in [-0.4, -0.2) is 235 Å². The summed E-state index contributed by atoms with van der Waals surface area (Å²) in [4.78, 5) is 33.2. The molecular formula is C106H149ClF8N12O6. The van der Waals surface area contributed by atoms with E-state index in [2.05, 4.69) is 155 Å². The van der Waals surface area contributed by atoms with Crippen LogP contribution in [0, 0.1) is 46.5 Å². The monoisotopic (exact) mass is 1870 g/mol. The van der Waals surface area contributed by atoms with E-state index in [1.165, 1.54) is 105 Å². The summed E-state index contributed by atoms with van der Waals surface area (Å²) >= 11 is 5.90. The van der Waals surface area contributed by atoms with Gasteiger partial charge in [-0.15, -0.1) is 0 Å². The summed E-state index contributed by atoms with van der Waals surface area (Å²) in [6, 6.07) is 37.2. The number of benzene rings is 5. The van der Waals surface area contributed by atoms with Gasteiger partial charge in [0, 0.05) is 139 Å². The fraction of sp³-hybridized carbons (Fsp3) is 0.575. The fourth-order valence-corrected chi connectivity index (χ4v) is 20.5. The molecule has 0 amide bonds. The van der Waals surface area contributed by atoms with Crippen molar-refractivity contribution in [1.82, 2.24) is 59.1 Å². The smallest absolute Gasteiger partial charge is 0.141 e. The van der Waals surface area contributed by atoms with Crippen molar-refractivity contribution in [3.05, 3.63) is 248 Å². The largest absolute Gasteiger partial charge is 0.496 e. The summed E-state index contributed by atoms with van der Waals surface area (Å²) in [5.74, 6) is -0.0835. The van der Waals surface area contributed by atoms with Crippen LogP contribution in [0.5, 0.6) is 17.2 Å². The first-order valence-corrected chi connectivity index (χ1v) is 48.7. The highest BCUT2D eigenvalue weighted by atomic mass is 35.5. The average molecular weight is 1870 g/mol. The van der Waals surface area contributed by atoms with Crippen molar-refractivity contribution in [3.63, 3.8) is 0 Å². The Balaban J connectivity index is 0.000000158. The van der Waals surface area contributed by atoms with Crippen molar-refractivity contribution < 1.29 is 63.9 Å². The van der Waals surface area contributed by atoms with Crippen molar-refractivity contribution >= 4 is 11.6 Å². The molecule has 0 saturated carbocycles. The molecule has 9 aliphatic rings. The number of halogens is 9. The molecule has 9 saturated heterocycles. The molecule has 8 unspecified atom stereocenters. The highest BCUT2D eigenvalue weighted by molar-refractivity contribution is 6.30. The standard InChI is InChI=1S/C17H25FN2O2.C14H20FNO2.C14H20FNO.C13H17ClFN.C13H17F2N.C12H17FN2.C12H18N2.C11H15FN2O/c1-19-4-2-3-17(19)14-11-15(18)13-16(12-14)22-10-7-20-5-8-21-9-6-20;1-16-5-3-4-14(16)11-8-12(15)10-13(9-11)18-7-6-17-2;1-10(2)16-8-4-5-13(16)12-9-11(15)6-7-14(12)17-3;1-9(2)16-5-3-4-13(16)10-6-11(14)8-12(15)7-10;1-13(2)7-6-12(16(13)3)10-8-9(14)4-5-11(10)15;1-9(2)15-5-3-4-12(15)10-6-11(13)8-14-7-10;1-10(2)14-9-5-7-12(14)11-6-3-4-8-13-11;1-14-4-2-3-11(14)9-5-8(12)6-13-10(9)7-15/h11-13,17H,2-10H2,1H3;8-10,14H,3-7H2,1-2H3;6-7,9-10,13H,4-5,8H2,1-3H3;6-9,13H,3-5H2,1-2H3;4-5,8,12H,6-7H2,1-3H3;6-9,12H,3-5H2,1-2H3;3-4,6,8,10,12H,5,7,9H2,1-2H3;5-6,11,15H,2-4,7H2,1H3. The first kappa shape index (κ1) is 107. The SMILES string of the molecule is CC(C)N1CCCC1c1cc(F)cc(Cl)c1.CC(C)N1CCCC1c1ccccn1.CC(C)N1CCCC1c1cncc(F)c1.CN1C(c2cc(F)ccc2F)CCC1(C)C.CN1CCCC1c1cc(F)cc(OCCN2CCOCC2)c1.CN1CCCC1c1cc(F)cnc1CO.COCCOc1cc(F)cc(C2CCCN2C)c1.COc1ccc(F)cc1C1CCCN1C(C)C. The number of aliphatic hydroxyl groups excluding tert-OH is 1. The fourth-order valence-electron chi connectivity index (χ4n) is 20.3. The minimum absolute atomic E-state index is 0.00861. The Hall–Kier alpha value is -7.80. The van der Waals surface area contributed by atoms with E-state index in [0.717, 1.165) is 182 Å². The number of likely N-dealkylation sites (tertiary alicyclic amines) is 8. The lowest BCUT2D eigenvalue weighted by Gasteiger charge is -2.32. The van der Waals surface area contributed by atoms with Crippen LogP contribution in [0.25, 0.3) is 0 Å². The van der Waals surface area contributed by atoms with Crippen molar-refractivity contribution in [2.75, 3.05) is 141 Å². The molecule has 8 atom stereocenters. The summed E-state index contributed by atoms with van der Waals surface area (Å²) in [6.07, 6.45) is 24.0. The second kappa shape index (κ2) is 53.2. The van der Waals surface area contributed by atoms with Gasteiger partial charge in [-0.1, -0.05) is 17.7 Å². The summed E-state index contributed by atoms with van der Waals surface area (Å²) in [7, 11) is 11.4. The van der Waals surface area contributed by atoms with Crippen molar-refractivity contribution in [2.45, 2.75) is 257 Å². The van der Waals surface area contributed by atoms with Crippen LogP contribution >= 0.6 is 11.6 Å². The summed E-state index contributed by atoms with van der Waals surface area (Å²) in [5.41, 5.74) is 8.24. The molecular weight excluding hydrogens is 1720 g/mol. The Bertz CT molecular complexity index is 4790. The van der Waals surface area contributed by atoms with E-state index in [1.807, 2.05) is 44.6 Å². The minimum Gasteiger partial charge on any atom is -0.496 e. The third-order valence-electron chi connectivity index (χ3n) is 27.5. The maximum absolute atomic E-state index is 13.9. The van der Waals surface area contributed by atoms with Gasteiger partial charge in [-0.3, -0.25) is 59.1 Å². The molecule has 27 heteroatoms. The molecule has 17 rings (SSSR count). The first-order valence-electron chi connectivity index (χ1n) is 48.3. The number of hydrogen-bond acceptors (Lipinski definition) is 18. The number of aliphatic hydroxyl groups is 1. The molecule has 0 spiro atoms. The van der Waals surface area contributed by atoms with Gasteiger partial charge in [0.15, 0.2) is 0 Å². The second-order valence-corrected chi connectivity index (χ2v) is 38.7. The van der Waals surface area contributed by atoms with Crippen LogP contribution in [0.15, 0.2) is 146 Å². The maximum atomic E-state index is 13.9. The molecule has 0 aliphatic carbocycles. The zero-order chi connectivity index (χ0) is 96.0.